The average molecular weight is 311 g/mol. The first-order valence-electron chi connectivity index (χ1n) is 6.71. The molecule has 0 saturated carbocycles. The molecule has 1 rings (SSSR count). The largest absolute Gasteiger partial charge is 0.485 e. The van der Waals surface area contributed by atoms with Gasteiger partial charge in [-0.05, 0) is 6.42 Å². The average Bonchev–Trinajstić information content (AvgIpc) is 2.46. The Bertz CT molecular complexity index is 552. The Kier molecular flexibility index (Phi) is 6.24. The maximum atomic E-state index is 11.7. The molecular weight excluding hydrogens is 294 g/mol. The number of nitro benzene ring substituents is 2. The lowest BCUT2D eigenvalue weighted by Gasteiger charge is -2.08. The third-order valence-electron chi connectivity index (χ3n) is 2.94. The lowest BCUT2D eigenvalue weighted by Crippen LogP contribution is -2.12. The third kappa shape index (κ3) is 4.40. The molecule has 0 bridgehead atoms. The molecule has 0 aliphatic heterocycles. The van der Waals surface area contributed by atoms with Crippen molar-refractivity contribution in [3.05, 3.63) is 32.4 Å². The van der Waals surface area contributed by atoms with Crippen LogP contribution >= 0.6 is 0 Å². The third-order valence-corrected chi connectivity index (χ3v) is 2.94. The second-order valence-electron chi connectivity index (χ2n) is 4.57. The van der Waals surface area contributed by atoms with Crippen LogP contribution in [0, 0.1) is 20.2 Å². The Morgan fingerprint density at radius 2 is 1.73 bits per heavy atom. The van der Waals surface area contributed by atoms with Crippen LogP contribution in [0.15, 0.2) is 12.1 Å². The summed E-state index contributed by atoms with van der Waals surface area (Å²) in [6, 6.07) is 2.09. The summed E-state index contributed by atoms with van der Waals surface area (Å²) in [5, 5.41) is 24.4. The summed E-state index contributed by atoms with van der Waals surface area (Å²) < 4.78 is 4.74. The van der Waals surface area contributed by atoms with Gasteiger partial charge in [0.2, 0.25) is 5.91 Å². The molecule has 1 N–H and O–H groups in total. The maximum absolute atomic E-state index is 11.7. The highest BCUT2D eigenvalue weighted by molar-refractivity contribution is 5.92. The van der Waals surface area contributed by atoms with Gasteiger partial charge in [-0.15, -0.1) is 0 Å². The van der Waals surface area contributed by atoms with Crippen molar-refractivity contribution in [2.45, 2.75) is 32.6 Å². The SMILES string of the molecule is CCCCCC(=O)Nc1cc([N+](=O)[O-])c(OC)c([N+](=O)[O-])c1. The molecule has 1 aromatic carbocycles. The summed E-state index contributed by atoms with van der Waals surface area (Å²) in [6.07, 6.45) is 2.77. The maximum Gasteiger partial charge on any atom is 0.320 e. The zero-order valence-corrected chi connectivity index (χ0v) is 12.3. The van der Waals surface area contributed by atoms with Crippen molar-refractivity contribution in [2.75, 3.05) is 12.4 Å². The van der Waals surface area contributed by atoms with Gasteiger partial charge < -0.3 is 10.1 Å². The van der Waals surface area contributed by atoms with Crippen LogP contribution in [-0.4, -0.2) is 22.9 Å². The standard InChI is InChI=1S/C13H17N3O6/c1-3-4-5-6-12(17)14-9-7-10(15(18)19)13(22-2)11(8-9)16(20)21/h7-8H,3-6H2,1-2H3,(H,14,17). The first-order valence-corrected chi connectivity index (χ1v) is 6.71. The quantitative estimate of drug-likeness (QED) is 0.447. The van der Waals surface area contributed by atoms with Gasteiger partial charge in [0, 0.05) is 18.6 Å². The number of anilines is 1. The normalized spacial score (nSPS) is 10.1. The summed E-state index contributed by atoms with van der Waals surface area (Å²) in [7, 11) is 1.11. The van der Waals surface area contributed by atoms with Gasteiger partial charge in [-0.25, -0.2) is 0 Å². The van der Waals surface area contributed by atoms with E-state index in [0.717, 1.165) is 32.1 Å². The zero-order chi connectivity index (χ0) is 16.7. The van der Waals surface area contributed by atoms with Crippen LogP contribution in [0.1, 0.15) is 32.6 Å². The van der Waals surface area contributed by atoms with Crippen molar-refractivity contribution in [1.29, 1.82) is 0 Å². The number of nitrogens with zero attached hydrogens (tertiary/aromatic N) is 2. The Hall–Kier alpha value is -2.71. The molecule has 9 heteroatoms. The molecule has 0 unspecified atom stereocenters. The minimum atomic E-state index is -0.793. The topological polar surface area (TPSA) is 125 Å². The molecule has 0 aromatic heterocycles. The van der Waals surface area contributed by atoms with Gasteiger partial charge >= 0.3 is 11.4 Å². The van der Waals surface area contributed by atoms with Gasteiger partial charge in [0.25, 0.3) is 5.75 Å². The molecule has 0 aliphatic carbocycles. The number of methoxy groups -OCH3 is 1. The highest BCUT2D eigenvalue weighted by atomic mass is 16.6. The summed E-state index contributed by atoms with van der Waals surface area (Å²) in [5.41, 5.74) is -1.14. The monoisotopic (exact) mass is 311 g/mol. The van der Waals surface area contributed by atoms with E-state index in [9.17, 15) is 25.0 Å². The predicted molar refractivity (Wildman–Crippen MR) is 79.1 cm³/mol. The lowest BCUT2D eigenvalue weighted by atomic mass is 10.2. The Labute approximate surface area is 126 Å². The van der Waals surface area contributed by atoms with Crippen molar-refractivity contribution in [2.24, 2.45) is 0 Å². The highest BCUT2D eigenvalue weighted by Gasteiger charge is 2.28. The molecule has 1 amide bonds. The van der Waals surface area contributed by atoms with E-state index < -0.39 is 27.0 Å². The number of nitro groups is 2. The zero-order valence-electron chi connectivity index (χ0n) is 12.3. The number of nitrogens with one attached hydrogen (secondary N) is 1. The summed E-state index contributed by atoms with van der Waals surface area (Å²) in [5.74, 6) is -0.791. The second kappa shape index (κ2) is 7.91. The number of unbranched alkanes of at least 4 members (excludes halogenated alkanes) is 2. The lowest BCUT2D eigenvalue weighted by molar-refractivity contribution is -0.395. The van der Waals surface area contributed by atoms with Gasteiger partial charge in [-0.3, -0.25) is 25.0 Å². The number of ether oxygens (including phenoxy) is 1. The van der Waals surface area contributed by atoms with Crippen LogP contribution in [0.5, 0.6) is 5.75 Å². The van der Waals surface area contributed by atoms with Crippen LogP contribution in [0.2, 0.25) is 0 Å². The number of benzene rings is 1. The Morgan fingerprint density at radius 1 is 1.18 bits per heavy atom. The molecule has 0 atom stereocenters. The highest BCUT2D eigenvalue weighted by Crippen LogP contribution is 2.39. The van der Waals surface area contributed by atoms with Gasteiger partial charge in [0.05, 0.1) is 22.6 Å². The minimum absolute atomic E-state index is 0.000647. The van der Waals surface area contributed by atoms with Crippen LogP contribution in [0.25, 0.3) is 0 Å². The van der Waals surface area contributed by atoms with E-state index in [-0.39, 0.29) is 18.0 Å². The molecule has 0 heterocycles. The van der Waals surface area contributed by atoms with E-state index in [4.69, 9.17) is 4.74 Å². The molecule has 0 aliphatic rings. The fourth-order valence-corrected chi connectivity index (χ4v) is 1.91. The van der Waals surface area contributed by atoms with Gasteiger partial charge in [-0.1, -0.05) is 19.8 Å². The van der Waals surface area contributed by atoms with Crippen LogP contribution < -0.4 is 10.1 Å². The van der Waals surface area contributed by atoms with Crippen molar-refractivity contribution in [1.82, 2.24) is 0 Å². The first kappa shape index (κ1) is 17.3. The van der Waals surface area contributed by atoms with Crippen molar-refractivity contribution < 1.29 is 19.4 Å². The Balaban J connectivity index is 3.08. The molecule has 9 nitrogen and oxygen atoms in total. The second-order valence-corrected chi connectivity index (χ2v) is 4.57. The van der Waals surface area contributed by atoms with Gasteiger partial charge in [0.15, 0.2) is 0 Å². The molecule has 0 saturated heterocycles. The number of amides is 1. The number of carbonyl (C=O) groups is 1. The first-order chi connectivity index (χ1) is 10.4. The molecular formula is C13H17N3O6. The van der Waals surface area contributed by atoms with Gasteiger partial charge in [-0.2, -0.15) is 0 Å². The van der Waals surface area contributed by atoms with E-state index in [1.807, 2.05) is 6.92 Å². The Morgan fingerprint density at radius 3 is 2.14 bits per heavy atom. The number of carbonyl (C=O) groups excluding carboxylic acids is 1. The van der Waals surface area contributed by atoms with Crippen molar-refractivity contribution in [3.8, 4) is 5.75 Å². The van der Waals surface area contributed by atoms with Crippen LogP contribution in [0.4, 0.5) is 17.1 Å². The molecule has 1 aromatic rings. The molecule has 0 spiro atoms. The van der Waals surface area contributed by atoms with E-state index in [1.54, 1.807) is 0 Å². The van der Waals surface area contributed by atoms with Crippen molar-refractivity contribution >= 4 is 23.0 Å². The minimum Gasteiger partial charge on any atom is -0.485 e. The van der Waals surface area contributed by atoms with Crippen LogP contribution in [-0.2, 0) is 4.79 Å². The van der Waals surface area contributed by atoms with Crippen LogP contribution in [0.3, 0.4) is 0 Å². The number of hydrogen-bond donors (Lipinski definition) is 1. The van der Waals surface area contributed by atoms with E-state index in [1.165, 1.54) is 0 Å². The molecule has 120 valence electrons. The van der Waals surface area contributed by atoms with E-state index in [0.29, 0.717) is 6.42 Å². The fraction of sp³-hybridized carbons (Fsp3) is 0.462. The molecule has 0 radical (unpaired) electrons. The summed E-state index contributed by atoms with van der Waals surface area (Å²) >= 11 is 0. The summed E-state index contributed by atoms with van der Waals surface area (Å²) in [4.78, 5) is 32.1. The fourth-order valence-electron chi connectivity index (χ4n) is 1.91. The number of hydrogen-bond acceptors (Lipinski definition) is 6. The predicted octanol–water partition coefficient (Wildman–Crippen LogP) is 3.03. The smallest absolute Gasteiger partial charge is 0.320 e. The van der Waals surface area contributed by atoms with E-state index >= 15 is 0 Å². The summed E-state index contributed by atoms with van der Waals surface area (Å²) in [6.45, 7) is 1.99. The molecule has 0 fully saturated rings. The van der Waals surface area contributed by atoms with Gasteiger partial charge in [0.1, 0.15) is 0 Å². The van der Waals surface area contributed by atoms with Crippen molar-refractivity contribution in [3.63, 3.8) is 0 Å². The number of rotatable bonds is 8. The van der Waals surface area contributed by atoms with E-state index in [2.05, 4.69) is 5.32 Å². The molecule has 22 heavy (non-hydrogen) atoms.